The zero-order chi connectivity index (χ0) is 20.2. The third kappa shape index (κ3) is 5.22. The first-order chi connectivity index (χ1) is 12.6. The van der Waals surface area contributed by atoms with Gasteiger partial charge in [-0.25, -0.2) is 22.5 Å². The zero-order valence-electron chi connectivity index (χ0n) is 14.8. The lowest BCUT2D eigenvalue weighted by atomic mass is 10.3. The van der Waals surface area contributed by atoms with Crippen molar-refractivity contribution in [2.75, 3.05) is 26.0 Å². The Balaban J connectivity index is 2.04. The Bertz CT molecular complexity index is 961. The molecule has 2 rings (SSSR count). The van der Waals surface area contributed by atoms with Crippen LogP contribution in [-0.4, -0.2) is 55.3 Å². The maximum absolute atomic E-state index is 12.2. The Labute approximate surface area is 161 Å². The van der Waals surface area contributed by atoms with Crippen LogP contribution >= 0.6 is 11.6 Å². The predicted molar refractivity (Wildman–Crippen MR) is 98.0 cm³/mol. The highest BCUT2D eigenvalue weighted by Gasteiger charge is 2.21. The number of aryl methyl sites for hydroxylation is 1. The number of halogens is 1. The molecule has 0 aliphatic heterocycles. The van der Waals surface area contributed by atoms with Crippen molar-refractivity contribution in [1.29, 1.82) is 0 Å². The summed E-state index contributed by atoms with van der Waals surface area (Å²) in [5, 5.41) is 2.46. The molecule has 9 nitrogen and oxygen atoms in total. The average Bonchev–Trinajstić information content (AvgIpc) is 2.61. The summed E-state index contributed by atoms with van der Waals surface area (Å²) < 4.78 is 30.3. The third-order valence-electron chi connectivity index (χ3n) is 3.30. The Morgan fingerprint density at radius 1 is 1.22 bits per heavy atom. The number of benzene rings is 1. The second-order valence-electron chi connectivity index (χ2n) is 5.60. The number of ether oxygens (including phenoxy) is 1. The number of carbonyl (C=O) groups excluding carboxylic acids is 2. The quantitative estimate of drug-likeness (QED) is 0.713. The Hall–Kier alpha value is -2.56. The Morgan fingerprint density at radius 2 is 1.93 bits per heavy atom. The van der Waals surface area contributed by atoms with E-state index in [1.54, 1.807) is 6.92 Å². The van der Waals surface area contributed by atoms with Gasteiger partial charge in [-0.1, -0.05) is 11.6 Å². The molecule has 0 fully saturated rings. The normalized spacial score (nSPS) is 11.3. The summed E-state index contributed by atoms with van der Waals surface area (Å²) in [6.07, 6.45) is 2.64. The molecule has 1 heterocycles. The second-order valence-corrected chi connectivity index (χ2v) is 8.13. The highest BCUT2D eigenvalue weighted by molar-refractivity contribution is 7.89. The molecule has 0 aliphatic carbocycles. The van der Waals surface area contributed by atoms with Gasteiger partial charge in [0, 0.05) is 26.0 Å². The number of rotatable bonds is 6. The topological polar surface area (TPSA) is 119 Å². The molecule has 0 aliphatic rings. The Morgan fingerprint density at radius 3 is 2.52 bits per heavy atom. The number of nitrogens with one attached hydrogen (secondary N) is 1. The number of nitrogens with zero attached hydrogens (tertiary/aromatic N) is 3. The van der Waals surface area contributed by atoms with Crippen molar-refractivity contribution in [2.45, 2.75) is 11.8 Å². The summed E-state index contributed by atoms with van der Waals surface area (Å²) in [6, 6.07) is 4.01. The molecule has 0 radical (unpaired) electrons. The van der Waals surface area contributed by atoms with Gasteiger partial charge in [0.1, 0.15) is 4.90 Å². The molecular weight excluding hydrogens is 396 g/mol. The van der Waals surface area contributed by atoms with E-state index in [4.69, 9.17) is 16.3 Å². The number of anilines is 1. The molecular formula is C16H17ClN4O5S. The summed E-state index contributed by atoms with van der Waals surface area (Å²) in [4.78, 5) is 31.4. The van der Waals surface area contributed by atoms with Gasteiger partial charge in [-0.2, -0.15) is 0 Å². The first-order valence-electron chi connectivity index (χ1n) is 7.59. The number of aromatic nitrogens is 2. The fourth-order valence-electron chi connectivity index (χ4n) is 1.88. The summed E-state index contributed by atoms with van der Waals surface area (Å²) in [5.74, 6) is -1.46. The van der Waals surface area contributed by atoms with Crippen molar-refractivity contribution < 1.29 is 22.7 Å². The van der Waals surface area contributed by atoms with Crippen molar-refractivity contribution in [3.63, 3.8) is 0 Å². The second kappa shape index (κ2) is 8.42. The largest absolute Gasteiger partial charge is 0.451 e. The Kier molecular flexibility index (Phi) is 6.47. The van der Waals surface area contributed by atoms with E-state index in [9.17, 15) is 18.0 Å². The molecule has 0 bridgehead atoms. The lowest BCUT2D eigenvalue weighted by Crippen LogP contribution is -2.24. The van der Waals surface area contributed by atoms with Crippen molar-refractivity contribution in [2.24, 2.45) is 0 Å². The molecule has 0 saturated carbocycles. The van der Waals surface area contributed by atoms with E-state index in [0.29, 0.717) is 5.69 Å². The maximum atomic E-state index is 12.2. The van der Waals surface area contributed by atoms with Crippen LogP contribution in [0.1, 0.15) is 16.2 Å². The fourth-order valence-corrected chi connectivity index (χ4v) is 3.27. The van der Waals surface area contributed by atoms with Crippen molar-refractivity contribution in [1.82, 2.24) is 14.3 Å². The lowest BCUT2D eigenvalue weighted by molar-refractivity contribution is -0.119. The molecule has 144 valence electrons. The SMILES string of the molecule is Cc1cnc(C(=O)OCC(=O)Nc2ccc(Cl)c(S(=O)(=O)N(C)C)c2)cn1. The van der Waals surface area contributed by atoms with E-state index in [1.165, 1.54) is 44.7 Å². The molecule has 27 heavy (non-hydrogen) atoms. The molecule has 1 amide bonds. The molecule has 1 N–H and O–H groups in total. The average molecular weight is 413 g/mol. The van der Waals surface area contributed by atoms with E-state index in [0.717, 1.165) is 4.31 Å². The van der Waals surface area contributed by atoms with Crippen molar-refractivity contribution in [3.8, 4) is 0 Å². The number of sulfonamides is 1. The monoisotopic (exact) mass is 412 g/mol. The molecule has 1 aromatic heterocycles. The van der Waals surface area contributed by atoms with E-state index in [1.807, 2.05) is 0 Å². The van der Waals surface area contributed by atoms with Gasteiger partial charge in [-0.3, -0.25) is 9.78 Å². The number of hydrogen-bond acceptors (Lipinski definition) is 7. The van der Waals surface area contributed by atoms with Gasteiger partial charge in [-0.05, 0) is 25.1 Å². The standard InChI is InChI=1S/C16H17ClN4O5S/c1-10-7-19-13(8-18-10)16(23)26-9-15(22)20-11-4-5-12(17)14(6-11)27(24,25)21(2)3/h4-8H,9H2,1-3H3,(H,20,22). The van der Waals surface area contributed by atoms with Crippen LogP contribution < -0.4 is 5.32 Å². The van der Waals surface area contributed by atoms with Crippen molar-refractivity contribution >= 4 is 39.2 Å². The fraction of sp³-hybridized carbons (Fsp3) is 0.250. The van der Waals surface area contributed by atoms with Crippen LogP contribution in [0, 0.1) is 6.92 Å². The van der Waals surface area contributed by atoms with Gasteiger partial charge in [0.15, 0.2) is 12.3 Å². The predicted octanol–water partition coefficient (Wildman–Crippen LogP) is 1.48. The van der Waals surface area contributed by atoms with Crippen LogP contribution in [0.5, 0.6) is 0 Å². The highest BCUT2D eigenvalue weighted by atomic mass is 35.5. The summed E-state index contributed by atoms with van der Waals surface area (Å²) in [7, 11) is -1.05. The van der Waals surface area contributed by atoms with Gasteiger partial charge in [0.05, 0.1) is 16.9 Å². The van der Waals surface area contributed by atoms with Crippen molar-refractivity contribution in [3.05, 3.63) is 47.0 Å². The molecule has 1 aromatic carbocycles. The first kappa shape index (κ1) is 20.7. The summed E-state index contributed by atoms with van der Waals surface area (Å²) in [5.41, 5.74) is 0.797. The van der Waals surface area contributed by atoms with Gasteiger partial charge in [0.25, 0.3) is 5.91 Å². The van der Waals surface area contributed by atoms with Gasteiger partial charge in [0.2, 0.25) is 10.0 Å². The molecule has 2 aromatic rings. The minimum atomic E-state index is -3.78. The van der Waals surface area contributed by atoms with E-state index in [-0.39, 0.29) is 21.3 Å². The van der Waals surface area contributed by atoms with Crippen LogP contribution in [0.3, 0.4) is 0 Å². The number of esters is 1. The first-order valence-corrected chi connectivity index (χ1v) is 9.41. The van der Waals surface area contributed by atoms with E-state index < -0.39 is 28.5 Å². The minimum Gasteiger partial charge on any atom is -0.451 e. The lowest BCUT2D eigenvalue weighted by Gasteiger charge is -2.14. The number of carbonyl (C=O) groups is 2. The third-order valence-corrected chi connectivity index (χ3v) is 5.59. The molecule has 0 atom stereocenters. The molecule has 0 unspecified atom stereocenters. The molecule has 0 spiro atoms. The van der Waals surface area contributed by atoms with Crippen LogP contribution in [0.4, 0.5) is 5.69 Å². The number of amides is 1. The summed E-state index contributed by atoms with van der Waals surface area (Å²) >= 11 is 5.94. The highest BCUT2D eigenvalue weighted by Crippen LogP contribution is 2.26. The molecule has 0 saturated heterocycles. The van der Waals surface area contributed by atoms with Crippen LogP contribution in [0.15, 0.2) is 35.5 Å². The van der Waals surface area contributed by atoms with Gasteiger partial charge >= 0.3 is 5.97 Å². The van der Waals surface area contributed by atoms with Crippen LogP contribution in [0.25, 0.3) is 0 Å². The van der Waals surface area contributed by atoms with E-state index in [2.05, 4.69) is 15.3 Å². The smallest absolute Gasteiger partial charge is 0.359 e. The van der Waals surface area contributed by atoms with Gasteiger partial charge in [-0.15, -0.1) is 0 Å². The molecule has 11 heteroatoms. The van der Waals surface area contributed by atoms with E-state index >= 15 is 0 Å². The minimum absolute atomic E-state index is 0.0195. The zero-order valence-corrected chi connectivity index (χ0v) is 16.3. The maximum Gasteiger partial charge on any atom is 0.359 e. The summed E-state index contributed by atoms with van der Waals surface area (Å²) in [6.45, 7) is 1.14. The van der Waals surface area contributed by atoms with Gasteiger partial charge < -0.3 is 10.1 Å². The number of hydrogen-bond donors (Lipinski definition) is 1. The van der Waals surface area contributed by atoms with Crippen LogP contribution in [-0.2, 0) is 19.6 Å². The van der Waals surface area contributed by atoms with Crippen LogP contribution in [0.2, 0.25) is 5.02 Å².